The summed E-state index contributed by atoms with van der Waals surface area (Å²) < 4.78 is 6.17. The van der Waals surface area contributed by atoms with E-state index in [1.807, 2.05) is 33.8 Å². The molecule has 3 aliphatic heterocycles. The van der Waals surface area contributed by atoms with E-state index in [9.17, 15) is 19.2 Å². The number of Topliss-reactive ketones (excluding diaryl/α,β-unsaturated/α-hetero) is 1. The predicted octanol–water partition coefficient (Wildman–Crippen LogP) is 4.80. The van der Waals surface area contributed by atoms with Crippen molar-refractivity contribution >= 4 is 23.9 Å². The minimum Gasteiger partial charge on any atom is -0.490 e. The summed E-state index contributed by atoms with van der Waals surface area (Å²) in [5.74, 6) is 1.32. The van der Waals surface area contributed by atoms with Gasteiger partial charge in [0.1, 0.15) is 5.75 Å². The fraction of sp³-hybridized carbons (Fsp3) is 0.688. The van der Waals surface area contributed by atoms with Crippen LogP contribution in [0.25, 0.3) is 0 Å². The number of piperidine rings is 3. The van der Waals surface area contributed by atoms with Crippen LogP contribution in [0.15, 0.2) is 18.2 Å². The van der Waals surface area contributed by atoms with Gasteiger partial charge in [0.2, 0.25) is 11.8 Å². The Bertz CT molecular complexity index is 1000. The van der Waals surface area contributed by atoms with Crippen LogP contribution in [0, 0.1) is 17.3 Å². The molecule has 1 aromatic carbocycles. The normalized spacial score (nSPS) is 23.1. The van der Waals surface area contributed by atoms with Crippen LogP contribution < -0.4 is 15.4 Å². The number of ether oxygens (including phenoxy) is 1. The molecule has 4 fully saturated rings. The van der Waals surface area contributed by atoms with Gasteiger partial charge in [-0.15, -0.1) is 0 Å². The summed E-state index contributed by atoms with van der Waals surface area (Å²) in [5.41, 5.74) is 1.40. The molecule has 1 unspecified atom stereocenters. The molecule has 1 saturated carbocycles. The first-order valence-corrected chi connectivity index (χ1v) is 15.4. The van der Waals surface area contributed by atoms with Crippen LogP contribution in [-0.4, -0.2) is 67.6 Å². The van der Waals surface area contributed by atoms with Gasteiger partial charge in [-0.3, -0.25) is 24.5 Å². The molecule has 222 valence electrons. The Kier molecular flexibility index (Phi) is 12.3. The second-order valence-electron chi connectivity index (χ2n) is 11.6. The molecule has 8 heteroatoms. The monoisotopic (exact) mass is 555 g/mol. The maximum atomic E-state index is 12.1. The number of carbonyl (C=O) groups is 4. The number of carbonyl (C=O) groups excluding carboxylic acids is 4. The molecular formula is C32H49N3O5. The van der Waals surface area contributed by atoms with E-state index in [1.54, 1.807) is 12.1 Å². The van der Waals surface area contributed by atoms with Gasteiger partial charge in [-0.2, -0.15) is 0 Å². The van der Waals surface area contributed by atoms with Gasteiger partial charge in [0, 0.05) is 36.4 Å². The summed E-state index contributed by atoms with van der Waals surface area (Å²) in [4.78, 5) is 47.1. The Morgan fingerprint density at radius 3 is 2.35 bits per heavy atom. The number of ketones is 1. The van der Waals surface area contributed by atoms with Crippen LogP contribution in [0.1, 0.15) is 106 Å². The van der Waals surface area contributed by atoms with Gasteiger partial charge in [0.25, 0.3) is 0 Å². The Morgan fingerprint density at radius 2 is 1.77 bits per heavy atom. The molecule has 1 spiro atoms. The molecule has 4 aliphatic rings. The molecule has 0 bridgehead atoms. The predicted molar refractivity (Wildman–Crippen MR) is 157 cm³/mol. The quantitative estimate of drug-likeness (QED) is 0.283. The second kappa shape index (κ2) is 15.4. The lowest BCUT2D eigenvalue weighted by Gasteiger charge is -2.52. The lowest BCUT2D eigenvalue weighted by Crippen LogP contribution is -2.51. The Hall–Kier alpha value is -2.58. The van der Waals surface area contributed by atoms with Gasteiger partial charge < -0.3 is 15.0 Å². The summed E-state index contributed by atoms with van der Waals surface area (Å²) >= 11 is 0. The molecule has 0 radical (unpaired) electrons. The minimum absolute atomic E-state index is 0.0104. The molecule has 2 N–H and O–H groups in total. The van der Waals surface area contributed by atoms with E-state index in [0.29, 0.717) is 35.8 Å². The van der Waals surface area contributed by atoms with Crippen LogP contribution in [0.5, 0.6) is 5.75 Å². The van der Waals surface area contributed by atoms with E-state index in [-0.39, 0.29) is 29.6 Å². The number of nitrogens with one attached hydrogen (secondary N) is 2. The highest BCUT2D eigenvalue weighted by Gasteiger charge is 2.47. The molecule has 3 heterocycles. The van der Waals surface area contributed by atoms with E-state index in [2.05, 4.69) is 15.5 Å². The number of hydrogen-bond acceptors (Lipinski definition) is 7. The third-order valence-corrected chi connectivity index (χ3v) is 8.80. The average Bonchev–Trinajstić information content (AvgIpc) is 2.97. The summed E-state index contributed by atoms with van der Waals surface area (Å²) in [6.45, 7) is 13.7. The van der Waals surface area contributed by atoms with Gasteiger partial charge in [-0.1, -0.05) is 27.7 Å². The standard InChI is InChI=1S/C24H34N2O3.C6H9NO2.C2H6/c1-2-23(28)22-13-20(4-3-19(22)17-27)29-21-14-24(15-21)7-11-26(12-8-24)16-18-5-9-25-10-6-18;1-4-2-3-5(8)7-6(4)9;1-2/h3-4,13,17-18,21,25H,2,5-12,14-16H2,1H3;4H,2-3H2,1H3,(H,7,8,9);1-2H3. The maximum Gasteiger partial charge on any atom is 0.229 e. The molecule has 1 atom stereocenters. The number of nitrogens with zero attached hydrogens (tertiary/aromatic N) is 1. The maximum absolute atomic E-state index is 12.1. The molecule has 2 amide bonds. The van der Waals surface area contributed by atoms with E-state index in [4.69, 9.17) is 4.74 Å². The number of hydrogen-bond donors (Lipinski definition) is 2. The fourth-order valence-electron chi connectivity index (χ4n) is 6.17. The van der Waals surface area contributed by atoms with Crippen LogP contribution in [0.2, 0.25) is 0 Å². The van der Waals surface area contributed by atoms with Crippen molar-refractivity contribution < 1.29 is 23.9 Å². The zero-order valence-electron chi connectivity index (χ0n) is 24.9. The highest BCUT2D eigenvalue weighted by Crippen LogP contribution is 2.50. The largest absolute Gasteiger partial charge is 0.490 e. The topological polar surface area (TPSA) is 105 Å². The molecule has 5 rings (SSSR count). The third-order valence-electron chi connectivity index (χ3n) is 8.80. The van der Waals surface area contributed by atoms with E-state index >= 15 is 0 Å². The molecular weight excluding hydrogens is 506 g/mol. The minimum atomic E-state index is -0.141. The number of imide groups is 1. The first-order chi connectivity index (χ1) is 19.3. The van der Waals surface area contributed by atoms with E-state index < -0.39 is 0 Å². The summed E-state index contributed by atoms with van der Waals surface area (Å²) in [7, 11) is 0. The summed E-state index contributed by atoms with van der Waals surface area (Å²) in [5, 5.41) is 5.71. The lowest BCUT2D eigenvalue weighted by molar-refractivity contribution is -0.135. The van der Waals surface area contributed by atoms with Crippen LogP contribution in [-0.2, 0) is 9.59 Å². The van der Waals surface area contributed by atoms with Gasteiger partial charge in [0.15, 0.2) is 12.1 Å². The molecule has 1 aliphatic carbocycles. The van der Waals surface area contributed by atoms with Gasteiger partial charge in [-0.25, -0.2) is 0 Å². The zero-order valence-corrected chi connectivity index (χ0v) is 24.9. The Labute approximate surface area is 240 Å². The van der Waals surface area contributed by atoms with Crippen molar-refractivity contribution in [3.8, 4) is 5.75 Å². The second-order valence-corrected chi connectivity index (χ2v) is 11.6. The number of aldehydes is 1. The summed E-state index contributed by atoms with van der Waals surface area (Å²) in [6.07, 6.45) is 10.00. The third kappa shape index (κ3) is 8.71. The zero-order chi connectivity index (χ0) is 29.1. The first kappa shape index (κ1) is 31.9. The van der Waals surface area contributed by atoms with Crippen molar-refractivity contribution in [1.82, 2.24) is 15.5 Å². The van der Waals surface area contributed by atoms with Crippen LogP contribution in [0.3, 0.4) is 0 Å². The van der Waals surface area contributed by atoms with Crippen molar-refractivity contribution in [3.63, 3.8) is 0 Å². The number of likely N-dealkylation sites (tertiary alicyclic amines) is 1. The van der Waals surface area contributed by atoms with Crippen molar-refractivity contribution in [2.45, 2.75) is 91.6 Å². The van der Waals surface area contributed by atoms with Crippen molar-refractivity contribution in [3.05, 3.63) is 29.3 Å². The SMILES string of the molecule is CC.CC1CCC(=O)NC1=O.CCC(=O)c1cc(OC2CC3(CCN(CC4CCNCC4)CC3)C2)ccc1C=O. The average molecular weight is 556 g/mol. The number of benzene rings is 1. The van der Waals surface area contributed by atoms with Gasteiger partial charge in [0.05, 0.1) is 6.10 Å². The van der Waals surface area contributed by atoms with Crippen LogP contribution >= 0.6 is 0 Å². The highest BCUT2D eigenvalue weighted by atomic mass is 16.5. The number of amides is 2. The molecule has 8 nitrogen and oxygen atoms in total. The molecule has 1 aromatic rings. The number of rotatable bonds is 7. The lowest BCUT2D eigenvalue weighted by atomic mass is 9.61. The van der Waals surface area contributed by atoms with Crippen LogP contribution in [0.4, 0.5) is 0 Å². The van der Waals surface area contributed by atoms with Crippen molar-refractivity contribution in [2.24, 2.45) is 17.3 Å². The first-order valence-electron chi connectivity index (χ1n) is 15.4. The van der Waals surface area contributed by atoms with Crippen molar-refractivity contribution in [2.75, 3.05) is 32.7 Å². The molecule has 40 heavy (non-hydrogen) atoms. The molecule has 0 aromatic heterocycles. The fourth-order valence-corrected chi connectivity index (χ4v) is 6.17. The summed E-state index contributed by atoms with van der Waals surface area (Å²) in [6, 6.07) is 5.28. The smallest absolute Gasteiger partial charge is 0.229 e. The van der Waals surface area contributed by atoms with Gasteiger partial charge in [-0.05, 0) is 101 Å². The molecule has 3 saturated heterocycles. The highest BCUT2D eigenvalue weighted by molar-refractivity contribution is 6.03. The Morgan fingerprint density at radius 1 is 1.10 bits per heavy atom. The Balaban J connectivity index is 0.000000339. The van der Waals surface area contributed by atoms with E-state index in [0.717, 1.165) is 30.8 Å². The van der Waals surface area contributed by atoms with Crippen molar-refractivity contribution in [1.29, 1.82) is 0 Å². The van der Waals surface area contributed by atoms with Gasteiger partial charge >= 0.3 is 0 Å². The van der Waals surface area contributed by atoms with E-state index in [1.165, 1.54) is 58.4 Å².